The summed E-state index contributed by atoms with van der Waals surface area (Å²) < 4.78 is 0. The Kier molecular flexibility index (Phi) is 3.55. The minimum atomic E-state index is 0.212. The van der Waals surface area contributed by atoms with Crippen LogP contribution < -0.4 is 5.32 Å². The second-order valence-electron chi connectivity index (χ2n) is 4.30. The molecule has 2 heteroatoms. The van der Waals surface area contributed by atoms with Crippen molar-refractivity contribution in [3.8, 4) is 0 Å². The van der Waals surface area contributed by atoms with E-state index >= 15 is 0 Å². The van der Waals surface area contributed by atoms with Crippen molar-refractivity contribution >= 4 is 0 Å². The Morgan fingerprint density at radius 2 is 1.94 bits per heavy atom. The van der Waals surface area contributed by atoms with Crippen molar-refractivity contribution in [2.75, 3.05) is 7.05 Å². The Labute approximate surface area is 103 Å². The summed E-state index contributed by atoms with van der Waals surface area (Å²) >= 11 is 0. The molecule has 1 heterocycles. The fourth-order valence-electron chi connectivity index (χ4n) is 2.13. The van der Waals surface area contributed by atoms with E-state index in [1.807, 2.05) is 19.3 Å². The maximum atomic E-state index is 4.19. The molecule has 0 amide bonds. The molecule has 17 heavy (non-hydrogen) atoms. The van der Waals surface area contributed by atoms with Crippen LogP contribution in [0.25, 0.3) is 0 Å². The molecule has 2 rings (SSSR count). The fourth-order valence-corrected chi connectivity index (χ4v) is 2.13. The molecule has 1 atom stereocenters. The smallest absolute Gasteiger partial charge is 0.0592 e. The second kappa shape index (κ2) is 5.11. The van der Waals surface area contributed by atoms with Gasteiger partial charge in [-0.3, -0.25) is 4.98 Å². The maximum absolute atomic E-state index is 4.19. The molecule has 1 aromatic carbocycles. The highest BCUT2D eigenvalue weighted by atomic mass is 14.9. The van der Waals surface area contributed by atoms with Gasteiger partial charge in [0.1, 0.15) is 0 Å². The van der Waals surface area contributed by atoms with Gasteiger partial charge < -0.3 is 5.32 Å². The minimum absolute atomic E-state index is 0.212. The number of hydrogen-bond acceptors (Lipinski definition) is 2. The Balaban J connectivity index is 2.46. The number of benzene rings is 1. The summed E-state index contributed by atoms with van der Waals surface area (Å²) in [6.45, 7) is 4.32. The van der Waals surface area contributed by atoms with E-state index in [0.29, 0.717) is 0 Å². The van der Waals surface area contributed by atoms with Crippen LogP contribution in [0.3, 0.4) is 0 Å². The number of pyridine rings is 1. The molecule has 0 bridgehead atoms. The van der Waals surface area contributed by atoms with Crippen molar-refractivity contribution in [2.24, 2.45) is 0 Å². The minimum Gasteiger partial charge on any atom is -0.309 e. The summed E-state index contributed by atoms with van der Waals surface area (Å²) in [5.41, 5.74) is 5.19. The lowest BCUT2D eigenvalue weighted by Gasteiger charge is -2.20. The highest BCUT2D eigenvalue weighted by Gasteiger charge is 2.14. The van der Waals surface area contributed by atoms with Crippen LogP contribution in [0.4, 0.5) is 0 Å². The van der Waals surface area contributed by atoms with E-state index < -0.39 is 0 Å². The lowest BCUT2D eigenvalue weighted by molar-refractivity contribution is 0.684. The lowest BCUT2D eigenvalue weighted by atomic mass is 9.94. The molecule has 1 aromatic heterocycles. The van der Waals surface area contributed by atoms with Gasteiger partial charge in [0.2, 0.25) is 0 Å². The molecule has 88 valence electrons. The topological polar surface area (TPSA) is 24.9 Å². The first-order valence-corrected chi connectivity index (χ1v) is 5.87. The highest BCUT2D eigenvalue weighted by Crippen LogP contribution is 2.25. The molecule has 0 aliphatic rings. The third kappa shape index (κ3) is 2.37. The molecule has 2 aromatic rings. The molecule has 1 unspecified atom stereocenters. The molecular weight excluding hydrogens is 208 g/mol. The Morgan fingerprint density at radius 1 is 1.12 bits per heavy atom. The summed E-state index contributed by atoms with van der Waals surface area (Å²) in [6, 6.07) is 10.7. The van der Waals surface area contributed by atoms with E-state index in [0.717, 1.165) is 0 Å². The first-order valence-electron chi connectivity index (χ1n) is 5.87. The zero-order valence-electron chi connectivity index (χ0n) is 10.6. The third-order valence-electron chi connectivity index (χ3n) is 3.26. The van der Waals surface area contributed by atoms with Gasteiger partial charge in [-0.25, -0.2) is 0 Å². The monoisotopic (exact) mass is 226 g/mol. The summed E-state index contributed by atoms with van der Waals surface area (Å²) in [7, 11) is 1.99. The predicted octanol–water partition coefficient (Wildman–Crippen LogP) is 3.01. The van der Waals surface area contributed by atoms with Crippen LogP contribution >= 0.6 is 0 Å². The van der Waals surface area contributed by atoms with Crippen molar-refractivity contribution in [3.05, 3.63) is 65.0 Å². The van der Waals surface area contributed by atoms with Crippen LogP contribution in [0.5, 0.6) is 0 Å². The van der Waals surface area contributed by atoms with Crippen molar-refractivity contribution in [1.29, 1.82) is 0 Å². The summed E-state index contributed by atoms with van der Waals surface area (Å²) in [6.07, 6.45) is 3.72. The van der Waals surface area contributed by atoms with E-state index in [1.165, 1.54) is 22.3 Å². The van der Waals surface area contributed by atoms with E-state index in [1.54, 1.807) is 6.20 Å². The first-order chi connectivity index (χ1) is 8.24. The van der Waals surface area contributed by atoms with Crippen LogP contribution in [0.2, 0.25) is 0 Å². The van der Waals surface area contributed by atoms with E-state index in [9.17, 15) is 0 Å². The van der Waals surface area contributed by atoms with E-state index in [2.05, 4.69) is 48.4 Å². The van der Waals surface area contributed by atoms with Gasteiger partial charge in [0.25, 0.3) is 0 Å². The lowest BCUT2D eigenvalue weighted by Crippen LogP contribution is -2.19. The highest BCUT2D eigenvalue weighted by molar-refractivity contribution is 5.39. The number of rotatable bonds is 3. The molecule has 2 nitrogen and oxygen atoms in total. The van der Waals surface area contributed by atoms with Crippen LogP contribution in [0.15, 0.2) is 42.7 Å². The van der Waals surface area contributed by atoms with Gasteiger partial charge in [0, 0.05) is 12.4 Å². The average Bonchev–Trinajstić information content (AvgIpc) is 2.37. The Hall–Kier alpha value is -1.67. The van der Waals surface area contributed by atoms with Crippen LogP contribution in [0.1, 0.15) is 28.3 Å². The quantitative estimate of drug-likeness (QED) is 0.870. The maximum Gasteiger partial charge on any atom is 0.0592 e. The summed E-state index contributed by atoms with van der Waals surface area (Å²) in [5, 5.41) is 3.36. The zero-order chi connectivity index (χ0) is 12.3. The number of nitrogens with one attached hydrogen (secondary N) is 1. The van der Waals surface area contributed by atoms with Gasteiger partial charge in [-0.1, -0.05) is 24.3 Å². The molecule has 0 fully saturated rings. The van der Waals surface area contributed by atoms with Crippen molar-refractivity contribution in [1.82, 2.24) is 10.3 Å². The Morgan fingerprint density at radius 3 is 2.59 bits per heavy atom. The Bertz CT molecular complexity index is 492. The van der Waals surface area contributed by atoms with Gasteiger partial charge in [0.15, 0.2) is 0 Å². The van der Waals surface area contributed by atoms with Crippen molar-refractivity contribution < 1.29 is 0 Å². The zero-order valence-corrected chi connectivity index (χ0v) is 10.6. The number of aryl methyl sites for hydroxylation is 1. The fraction of sp³-hybridized carbons (Fsp3) is 0.267. The number of nitrogens with zero attached hydrogens (tertiary/aromatic N) is 1. The molecule has 0 spiro atoms. The number of hydrogen-bond donors (Lipinski definition) is 1. The van der Waals surface area contributed by atoms with Crippen LogP contribution in [-0.2, 0) is 0 Å². The standard InChI is InChI=1S/C15H18N2/c1-11-6-4-8-14(12(11)2)15(16-3)13-7-5-9-17-10-13/h4-10,15-16H,1-3H3. The van der Waals surface area contributed by atoms with Crippen LogP contribution in [0, 0.1) is 13.8 Å². The molecule has 0 saturated carbocycles. The number of aromatic nitrogens is 1. The van der Waals surface area contributed by atoms with Gasteiger partial charge in [0.05, 0.1) is 6.04 Å². The molecular formula is C15H18N2. The SMILES string of the molecule is CNC(c1cccnc1)c1cccc(C)c1C. The molecule has 1 N–H and O–H groups in total. The van der Waals surface area contributed by atoms with Gasteiger partial charge in [-0.05, 0) is 49.2 Å². The van der Waals surface area contributed by atoms with Gasteiger partial charge in [-0.15, -0.1) is 0 Å². The third-order valence-corrected chi connectivity index (χ3v) is 3.26. The van der Waals surface area contributed by atoms with Crippen molar-refractivity contribution in [3.63, 3.8) is 0 Å². The first kappa shape index (κ1) is 11.8. The second-order valence-corrected chi connectivity index (χ2v) is 4.30. The summed E-state index contributed by atoms with van der Waals surface area (Å²) in [5.74, 6) is 0. The largest absolute Gasteiger partial charge is 0.309 e. The predicted molar refractivity (Wildman–Crippen MR) is 71.1 cm³/mol. The van der Waals surface area contributed by atoms with E-state index in [-0.39, 0.29) is 6.04 Å². The molecule has 0 aliphatic carbocycles. The van der Waals surface area contributed by atoms with Crippen LogP contribution in [-0.4, -0.2) is 12.0 Å². The molecule has 0 radical (unpaired) electrons. The van der Waals surface area contributed by atoms with E-state index in [4.69, 9.17) is 0 Å². The van der Waals surface area contributed by atoms with Gasteiger partial charge >= 0.3 is 0 Å². The average molecular weight is 226 g/mol. The normalized spacial score (nSPS) is 12.4. The molecule has 0 saturated heterocycles. The summed E-state index contributed by atoms with van der Waals surface area (Å²) in [4.78, 5) is 4.19. The van der Waals surface area contributed by atoms with Gasteiger partial charge in [-0.2, -0.15) is 0 Å². The van der Waals surface area contributed by atoms with Crippen molar-refractivity contribution in [2.45, 2.75) is 19.9 Å². The molecule has 0 aliphatic heterocycles.